The van der Waals surface area contributed by atoms with Crippen LogP contribution >= 0.6 is 24.8 Å². The molecule has 1 aliphatic heterocycles. The number of hydrogen-bond donors (Lipinski definition) is 1. The average molecular weight is 402 g/mol. The highest BCUT2D eigenvalue weighted by atomic mass is 35.5. The summed E-state index contributed by atoms with van der Waals surface area (Å²) in [5, 5.41) is 3.51. The predicted octanol–water partition coefficient (Wildman–Crippen LogP) is 4.90. The Morgan fingerprint density at radius 3 is 2.08 bits per heavy atom. The van der Waals surface area contributed by atoms with E-state index in [1.54, 1.807) is 5.56 Å². The molecule has 26 heavy (non-hydrogen) atoms. The summed E-state index contributed by atoms with van der Waals surface area (Å²) in [6, 6.07) is 10.1. The third kappa shape index (κ3) is 5.76. The first-order valence-corrected chi connectivity index (χ1v) is 10.1. The Hall–Kier alpha value is -0.480. The Morgan fingerprint density at radius 2 is 1.54 bits per heavy atom. The van der Waals surface area contributed by atoms with Crippen LogP contribution in [0, 0.1) is 5.92 Å². The van der Waals surface area contributed by atoms with Crippen LogP contribution in [0.25, 0.3) is 0 Å². The van der Waals surface area contributed by atoms with E-state index in [1.165, 1.54) is 50.9 Å². The van der Waals surface area contributed by atoms with E-state index in [1.807, 2.05) is 0 Å². The number of halogens is 2. The van der Waals surface area contributed by atoms with Crippen LogP contribution in [0.2, 0.25) is 0 Å². The zero-order valence-corrected chi connectivity index (χ0v) is 18.1. The van der Waals surface area contributed by atoms with E-state index in [0.717, 1.165) is 32.1 Å². The highest BCUT2D eigenvalue weighted by molar-refractivity contribution is 5.85. The molecule has 1 aliphatic carbocycles. The van der Waals surface area contributed by atoms with E-state index in [0.29, 0.717) is 6.04 Å². The summed E-state index contributed by atoms with van der Waals surface area (Å²) in [6.45, 7) is 11.3. The van der Waals surface area contributed by atoms with Crippen molar-refractivity contribution < 1.29 is 0 Å². The number of rotatable bonds is 6. The third-order valence-corrected chi connectivity index (χ3v) is 6.00. The normalized spacial score (nSPS) is 19.9. The molecule has 0 radical (unpaired) electrons. The Balaban J connectivity index is 0.00000169. The van der Waals surface area contributed by atoms with E-state index >= 15 is 0 Å². The molecule has 1 N–H and O–H groups in total. The zero-order valence-electron chi connectivity index (χ0n) is 16.5. The maximum Gasteiger partial charge on any atom is 0.0377 e. The van der Waals surface area contributed by atoms with Gasteiger partial charge in [0.1, 0.15) is 0 Å². The fraction of sp³-hybridized carbons (Fsp3) is 0.714. The van der Waals surface area contributed by atoms with Crippen molar-refractivity contribution in [3.05, 3.63) is 29.8 Å². The minimum absolute atomic E-state index is 0. The van der Waals surface area contributed by atoms with E-state index < -0.39 is 0 Å². The lowest BCUT2D eigenvalue weighted by atomic mass is 9.80. The molecule has 0 amide bonds. The molecule has 3 nitrogen and oxygen atoms in total. The molecule has 1 atom stereocenters. The SMILES string of the molecule is CCN(CC)c1ccc([C@@H](C2CCCCC2)N2CCNCC2)cc1.Cl.Cl. The molecule has 3 rings (SSSR count). The second-order valence-corrected chi connectivity index (χ2v) is 7.39. The predicted molar refractivity (Wildman–Crippen MR) is 118 cm³/mol. The van der Waals surface area contributed by atoms with Crippen LogP contribution < -0.4 is 10.2 Å². The van der Waals surface area contributed by atoms with Gasteiger partial charge < -0.3 is 10.2 Å². The Morgan fingerprint density at radius 1 is 0.962 bits per heavy atom. The van der Waals surface area contributed by atoms with Gasteiger partial charge in [0.25, 0.3) is 0 Å². The third-order valence-electron chi connectivity index (χ3n) is 6.00. The second kappa shape index (κ2) is 12.1. The molecule has 150 valence electrons. The van der Waals surface area contributed by atoms with Crippen LogP contribution in [0.1, 0.15) is 57.6 Å². The lowest BCUT2D eigenvalue weighted by Gasteiger charge is -2.41. The lowest BCUT2D eigenvalue weighted by molar-refractivity contribution is 0.103. The summed E-state index contributed by atoms with van der Waals surface area (Å²) >= 11 is 0. The molecule has 0 aromatic heterocycles. The first-order valence-electron chi connectivity index (χ1n) is 10.1. The summed E-state index contributed by atoms with van der Waals surface area (Å²) in [6.07, 6.45) is 7.10. The minimum Gasteiger partial charge on any atom is -0.372 e. The number of anilines is 1. The van der Waals surface area contributed by atoms with Crippen molar-refractivity contribution in [1.29, 1.82) is 0 Å². The van der Waals surface area contributed by atoms with Crippen molar-refractivity contribution in [3.63, 3.8) is 0 Å². The molecule has 0 spiro atoms. The maximum absolute atomic E-state index is 3.51. The fourth-order valence-corrected chi connectivity index (χ4v) is 4.66. The van der Waals surface area contributed by atoms with Crippen LogP contribution in [0.4, 0.5) is 5.69 Å². The largest absolute Gasteiger partial charge is 0.372 e. The van der Waals surface area contributed by atoms with Gasteiger partial charge in [-0.2, -0.15) is 0 Å². The summed E-state index contributed by atoms with van der Waals surface area (Å²) in [4.78, 5) is 5.18. The van der Waals surface area contributed by atoms with Gasteiger partial charge in [0.05, 0.1) is 0 Å². The van der Waals surface area contributed by atoms with Gasteiger partial charge in [0.15, 0.2) is 0 Å². The summed E-state index contributed by atoms with van der Waals surface area (Å²) in [7, 11) is 0. The molecule has 0 bridgehead atoms. The van der Waals surface area contributed by atoms with Crippen LogP contribution in [0.3, 0.4) is 0 Å². The van der Waals surface area contributed by atoms with Crippen molar-refractivity contribution >= 4 is 30.5 Å². The first-order chi connectivity index (χ1) is 11.8. The highest BCUT2D eigenvalue weighted by Gasteiger charge is 2.30. The van der Waals surface area contributed by atoms with Crippen LogP contribution in [0.15, 0.2) is 24.3 Å². The van der Waals surface area contributed by atoms with Crippen LogP contribution in [0.5, 0.6) is 0 Å². The van der Waals surface area contributed by atoms with Crippen LogP contribution in [-0.2, 0) is 0 Å². The Bertz CT molecular complexity index is 461. The molecule has 1 saturated heterocycles. The lowest BCUT2D eigenvalue weighted by Crippen LogP contribution is -2.47. The van der Waals surface area contributed by atoms with E-state index in [2.05, 4.69) is 53.2 Å². The topological polar surface area (TPSA) is 18.5 Å². The van der Waals surface area contributed by atoms with Gasteiger partial charge in [-0.05, 0) is 50.3 Å². The molecule has 5 heteroatoms. The molecule has 1 saturated carbocycles. The summed E-state index contributed by atoms with van der Waals surface area (Å²) in [5.41, 5.74) is 2.91. The van der Waals surface area contributed by atoms with Gasteiger partial charge >= 0.3 is 0 Å². The van der Waals surface area contributed by atoms with Crippen LogP contribution in [-0.4, -0.2) is 44.2 Å². The van der Waals surface area contributed by atoms with Gasteiger partial charge in [-0.25, -0.2) is 0 Å². The van der Waals surface area contributed by atoms with Crippen molar-refractivity contribution in [2.24, 2.45) is 5.92 Å². The highest BCUT2D eigenvalue weighted by Crippen LogP contribution is 2.39. The van der Waals surface area contributed by atoms with E-state index in [4.69, 9.17) is 0 Å². The molecule has 0 unspecified atom stereocenters. The quantitative estimate of drug-likeness (QED) is 0.730. The summed E-state index contributed by atoms with van der Waals surface area (Å²) in [5.74, 6) is 0.844. The molecule has 2 aliphatic rings. The Labute approximate surface area is 172 Å². The second-order valence-electron chi connectivity index (χ2n) is 7.39. The van der Waals surface area contributed by atoms with Gasteiger partial charge in [0, 0.05) is 51.0 Å². The van der Waals surface area contributed by atoms with Gasteiger partial charge in [-0.15, -0.1) is 24.8 Å². The Kier molecular flexibility index (Phi) is 10.9. The standard InChI is InChI=1S/C21H35N3.2ClH/c1-3-23(4-2)20-12-10-19(11-13-20)21(18-8-6-5-7-9-18)24-16-14-22-15-17-24;;/h10-13,18,21-22H,3-9,14-17H2,1-2H3;2*1H/t21-;;/m1../s1. The minimum atomic E-state index is 0. The fourth-order valence-electron chi connectivity index (χ4n) is 4.66. The van der Waals surface area contributed by atoms with Crippen molar-refractivity contribution in [3.8, 4) is 0 Å². The number of nitrogens with zero attached hydrogens (tertiary/aromatic N) is 2. The van der Waals surface area contributed by atoms with Crippen molar-refractivity contribution in [2.75, 3.05) is 44.2 Å². The van der Waals surface area contributed by atoms with Gasteiger partial charge in [-0.1, -0.05) is 31.4 Å². The maximum atomic E-state index is 3.51. The molecule has 1 aromatic rings. The van der Waals surface area contributed by atoms with Crippen molar-refractivity contribution in [1.82, 2.24) is 10.2 Å². The monoisotopic (exact) mass is 401 g/mol. The molecule has 2 fully saturated rings. The number of nitrogens with one attached hydrogen (secondary N) is 1. The van der Waals surface area contributed by atoms with E-state index in [9.17, 15) is 0 Å². The average Bonchev–Trinajstić information content (AvgIpc) is 2.66. The molecular formula is C21H37Cl2N3. The zero-order chi connectivity index (χ0) is 16.8. The first kappa shape index (κ1) is 23.6. The number of hydrogen-bond acceptors (Lipinski definition) is 3. The van der Waals surface area contributed by atoms with Gasteiger partial charge in [0.2, 0.25) is 0 Å². The molecule has 1 heterocycles. The number of piperazine rings is 1. The molecular weight excluding hydrogens is 365 g/mol. The van der Waals surface area contributed by atoms with E-state index in [-0.39, 0.29) is 24.8 Å². The van der Waals surface area contributed by atoms with Gasteiger partial charge in [-0.3, -0.25) is 4.90 Å². The smallest absolute Gasteiger partial charge is 0.0377 e. The summed E-state index contributed by atoms with van der Waals surface area (Å²) < 4.78 is 0. The molecule has 1 aromatic carbocycles. The van der Waals surface area contributed by atoms with Crippen molar-refractivity contribution in [2.45, 2.75) is 52.0 Å². The number of benzene rings is 1.